The normalized spacial score (nSPS) is 13.0. The van der Waals surface area contributed by atoms with Gasteiger partial charge in [-0.1, -0.05) is 13.8 Å². The summed E-state index contributed by atoms with van der Waals surface area (Å²) in [6, 6.07) is 1.80. The van der Waals surface area contributed by atoms with Crippen molar-refractivity contribution in [3.05, 3.63) is 38.7 Å². The summed E-state index contributed by atoms with van der Waals surface area (Å²) in [7, 11) is 2.01. The Morgan fingerprint density at radius 2 is 2.04 bits per heavy atom. The van der Waals surface area contributed by atoms with Crippen LogP contribution in [0.5, 0.6) is 0 Å². The summed E-state index contributed by atoms with van der Waals surface area (Å²) in [6.45, 7) is 10.7. The number of nitrogens with zero attached hydrogens (tertiary/aromatic N) is 2. The van der Waals surface area contributed by atoms with Gasteiger partial charge in [-0.25, -0.2) is 9.78 Å². The number of carbonyl (C=O) groups is 1. The average Bonchev–Trinajstić information content (AvgIpc) is 3.01. The van der Waals surface area contributed by atoms with Gasteiger partial charge in [-0.15, -0.1) is 11.3 Å². The minimum atomic E-state index is -0.951. The zero-order valence-electron chi connectivity index (χ0n) is 14.5. The van der Waals surface area contributed by atoms with Crippen LogP contribution in [0.3, 0.4) is 0 Å². The number of rotatable bonds is 6. The lowest BCUT2D eigenvalue weighted by atomic mass is 10.2. The number of hydrogen-bond donors (Lipinski definition) is 1. The minimum Gasteiger partial charge on any atom is -0.478 e. The molecule has 23 heavy (non-hydrogen) atoms. The fourth-order valence-electron chi connectivity index (χ4n) is 2.48. The maximum atomic E-state index is 11.1. The quantitative estimate of drug-likeness (QED) is 0.848. The van der Waals surface area contributed by atoms with E-state index in [1.54, 1.807) is 24.3 Å². The zero-order chi connectivity index (χ0) is 17.3. The van der Waals surface area contributed by atoms with Crippen molar-refractivity contribution in [2.75, 3.05) is 7.05 Å². The van der Waals surface area contributed by atoms with E-state index in [1.807, 2.05) is 14.0 Å². The van der Waals surface area contributed by atoms with E-state index in [0.717, 1.165) is 10.7 Å². The molecule has 5 nitrogen and oxygen atoms in total. The molecule has 1 unspecified atom stereocenters. The van der Waals surface area contributed by atoms with Crippen LogP contribution < -0.4 is 0 Å². The van der Waals surface area contributed by atoms with Crippen LogP contribution >= 0.6 is 11.3 Å². The molecule has 2 aromatic heterocycles. The van der Waals surface area contributed by atoms with Gasteiger partial charge in [0.25, 0.3) is 0 Å². The van der Waals surface area contributed by atoms with Crippen LogP contribution in [0.25, 0.3) is 0 Å². The first kappa shape index (κ1) is 17.7. The Morgan fingerprint density at radius 3 is 2.52 bits per heavy atom. The van der Waals surface area contributed by atoms with Crippen LogP contribution in [0.2, 0.25) is 0 Å². The molecular weight excluding hydrogens is 312 g/mol. The van der Waals surface area contributed by atoms with E-state index in [9.17, 15) is 4.79 Å². The number of aryl methyl sites for hydroxylation is 2. The van der Waals surface area contributed by atoms with Gasteiger partial charge < -0.3 is 9.52 Å². The van der Waals surface area contributed by atoms with Gasteiger partial charge in [-0.3, -0.25) is 4.90 Å². The minimum absolute atomic E-state index is 0.193. The lowest BCUT2D eigenvalue weighted by Gasteiger charge is -2.23. The molecule has 2 heterocycles. The molecule has 2 rings (SSSR count). The molecule has 0 saturated carbocycles. The van der Waals surface area contributed by atoms with Crippen LogP contribution in [0.1, 0.15) is 70.2 Å². The second kappa shape index (κ2) is 6.84. The first-order valence-electron chi connectivity index (χ1n) is 7.70. The standard InChI is InChI=1S/C17H24N2O3S/c1-9(2)16-18-10(3)15(23-16)11(4)19(6)8-13-7-14(17(20)21)12(5)22-13/h7,9,11H,8H2,1-6H3,(H,20,21). The lowest BCUT2D eigenvalue weighted by molar-refractivity contribution is 0.0695. The molecule has 2 aromatic rings. The predicted octanol–water partition coefficient (Wildman–Crippen LogP) is 4.37. The third kappa shape index (κ3) is 3.82. The smallest absolute Gasteiger partial charge is 0.339 e. The van der Waals surface area contributed by atoms with Gasteiger partial charge in [-0.05, 0) is 33.9 Å². The number of furan rings is 1. The van der Waals surface area contributed by atoms with Gasteiger partial charge in [-0.2, -0.15) is 0 Å². The lowest BCUT2D eigenvalue weighted by Crippen LogP contribution is -2.21. The fourth-order valence-corrected chi connectivity index (χ4v) is 3.67. The Kier molecular flexibility index (Phi) is 5.26. The number of carboxylic acid groups (broad SMARTS) is 1. The number of aromatic nitrogens is 1. The van der Waals surface area contributed by atoms with Gasteiger partial charge in [0.05, 0.1) is 17.2 Å². The zero-order valence-corrected chi connectivity index (χ0v) is 15.3. The van der Waals surface area contributed by atoms with Gasteiger partial charge in [0, 0.05) is 16.8 Å². The van der Waals surface area contributed by atoms with Gasteiger partial charge in [0.15, 0.2) is 0 Å². The molecule has 0 bridgehead atoms. The highest BCUT2D eigenvalue weighted by Crippen LogP contribution is 2.32. The number of thiazole rings is 1. The molecule has 0 aromatic carbocycles. The molecule has 1 N–H and O–H groups in total. The van der Waals surface area contributed by atoms with E-state index < -0.39 is 5.97 Å². The highest BCUT2D eigenvalue weighted by atomic mass is 32.1. The molecule has 0 aliphatic rings. The maximum Gasteiger partial charge on any atom is 0.339 e. The summed E-state index contributed by atoms with van der Waals surface area (Å²) in [6.07, 6.45) is 0. The first-order valence-corrected chi connectivity index (χ1v) is 8.52. The second-order valence-corrected chi connectivity index (χ2v) is 7.30. The van der Waals surface area contributed by atoms with Crippen molar-refractivity contribution in [2.24, 2.45) is 0 Å². The summed E-state index contributed by atoms with van der Waals surface area (Å²) in [5, 5.41) is 10.3. The molecule has 0 saturated heterocycles. The van der Waals surface area contributed by atoms with Crippen LogP contribution in [0.15, 0.2) is 10.5 Å². The second-order valence-electron chi connectivity index (χ2n) is 6.24. The molecule has 6 heteroatoms. The van der Waals surface area contributed by atoms with Gasteiger partial charge >= 0.3 is 5.97 Å². The van der Waals surface area contributed by atoms with E-state index in [0.29, 0.717) is 24.0 Å². The van der Waals surface area contributed by atoms with Crippen LogP contribution in [-0.4, -0.2) is 28.0 Å². The summed E-state index contributed by atoms with van der Waals surface area (Å²) < 4.78 is 5.57. The van der Waals surface area contributed by atoms with E-state index in [2.05, 4.69) is 30.7 Å². The van der Waals surface area contributed by atoms with E-state index in [1.165, 1.54) is 4.88 Å². The highest BCUT2D eigenvalue weighted by Gasteiger charge is 2.21. The monoisotopic (exact) mass is 336 g/mol. The fraction of sp³-hybridized carbons (Fsp3) is 0.529. The molecule has 0 aliphatic carbocycles. The largest absolute Gasteiger partial charge is 0.478 e. The molecule has 0 aliphatic heterocycles. The van der Waals surface area contributed by atoms with Crippen LogP contribution in [-0.2, 0) is 6.54 Å². The van der Waals surface area contributed by atoms with Crippen molar-refractivity contribution in [3.8, 4) is 0 Å². The number of carboxylic acids is 1. The Labute approximate surface area is 141 Å². The SMILES string of the molecule is Cc1nc(C(C)C)sc1C(C)N(C)Cc1cc(C(=O)O)c(C)o1. The molecule has 126 valence electrons. The average molecular weight is 336 g/mol. The predicted molar refractivity (Wildman–Crippen MR) is 91.2 cm³/mol. The third-order valence-electron chi connectivity index (χ3n) is 3.99. The van der Waals surface area contributed by atoms with Crippen molar-refractivity contribution in [3.63, 3.8) is 0 Å². The summed E-state index contributed by atoms with van der Waals surface area (Å²) >= 11 is 1.75. The molecule has 0 radical (unpaired) electrons. The molecule has 1 atom stereocenters. The summed E-state index contributed by atoms with van der Waals surface area (Å²) in [4.78, 5) is 19.2. The van der Waals surface area contributed by atoms with E-state index in [4.69, 9.17) is 9.52 Å². The van der Waals surface area contributed by atoms with Gasteiger partial charge in [0.1, 0.15) is 17.1 Å². The Hall–Kier alpha value is -1.66. The number of hydrogen-bond acceptors (Lipinski definition) is 5. The Balaban J connectivity index is 2.15. The van der Waals surface area contributed by atoms with Crippen molar-refractivity contribution >= 4 is 17.3 Å². The summed E-state index contributed by atoms with van der Waals surface area (Å²) in [5.41, 5.74) is 1.30. The van der Waals surface area contributed by atoms with Crippen molar-refractivity contribution in [2.45, 2.75) is 53.1 Å². The van der Waals surface area contributed by atoms with Crippen molar-refractivity contribution in [1.29, 1.82) is 0 Å². The Morgan fingerprint density at radius 1 is 1.39 bits per heavy atom. The third-order valence-corrected chi connectivity index (χ3v) is 5.62. The first-order chi connectivity index (χ1) is 10.7. The number of aromatic carboxylic acids is 1. The van der Waals surface area contributed by atoms with E-state index >= 15 is 0 Å². The molecular formula is C17H24N2O3S. The van der Waals surface area contributed by atoms with Crippen molar-refractivity contribution in [1.82, 2.24) is 9.88 Å². The Bertz CT molecular complexity index is 703. The highest BCUT2D eigenvalue weighted by molar-refractivity contribution is 7.11. The van der Waals surface area contributed by atoms with Crippen LogP contribution in [0, 0.1) is 13.8 Å². The molecule has 0 spiro atoms. The summed E-state index contributed by atoms with van der Waals surface area (Å²) in [5.74, 6) is 0.592. The molecule has 0 amide bonds. The maximum absolute atomic E-state index is 11.1. The van der Waals surface area contributed by atoms with Gasteiger partial charge in [0.2, 0.25) is 0 Å². The van der Waals surface area contributed by atoms with Crippen molar-refractivity contribution < 1.29 is 14.3 Å². The topological polar surface area (TPSA) is 66.6 Å². The van der Waals surface area contributed by atoms with E-state index in [-0.39, 0.29) is 11.6 Å². The van der Waals surface area contributed by atoms with Crippen LogP contribution in [0.4, 0.5) is 0 Å². The molecule has 0 fully saturated rings.